The third-order valence-corrected chi connectivity index (χ3v) is 2.97. The smallest absolute Gasteiger partial charge is 0.416 e. The molecule has 0 saturated heterocycles. The molecule has 0 spiro atoms. The number of halogens is 4. The Morgan fingerprint density at radius 1 is 0.875 bits per heavy atom. The molecule has 0 heterocycles. The van der Waals surface area contributed by atoms with Crippen LogP contribution in [0.3, 0.4) is 0 Å². The highest BCUT2D eigenvalue weighted by Gasteiger charge is 2.30. The zero-order valence-electron chi connectivity index (χ0n) is 12.0. The van der Waals surface area contributed by atoms with Crippen molar-refractivity contribution in [1.82, 2.24) is 0 Å². The third kappa shape index (κ3) is 4.52. The average molecular weight is 338 g/mol. The number of hydrogen-bond donors (Lipinski definition) is 0. The van der Waals surface area contributed by atoms with Crippen LogP contribution in [0.4, 0.5) is 17.6 Å². The van der Waals surface area contributed by atoms with Gasteiger partial charge in [-0.25, -0.2) is 9.18 Å². The monoisotopic (exact) mass is 338 g/mol. The van der Waals surface area contributed by atoms with Crippen molar-refractivity contribution in [3.8, 4) is 0 Å². The van der Waals surface area contributed by atoms with Crippen molar-refractivity contribution in [3.63, 3.8) is 0 Å². The van der Waals surface area contributed by atoms with Crippen molar-refractivity contribution in [2.45, 2.75) is 6.18 Å². The number of esters is 1. The van der Waals surface area contributed by atoms with Crippen molar-refractivity contribution in [1.29, 1.82) is 0 Å². The second-order valence-electron chi connectivity index (χ2n) is 4.65. The van der Waals surface area contributed by atoms with E-state index in [2.05, 4.69) is 4.74 Å². The summed E-state index contributed by atoms with van der Waals surface area (Å²) < 4.78 is 54.6. The van der Waals surface area contributed by atoms with Gasteiger partial charge in [-0.05, 0) is 48.5 Å². The largest absolute Gasteiger partial charge is 0.431 e. The Kier molecular flexibility index (Phi) is 5.13. The minimum Gasteiger partial charge on any atom is -0.431 e. The molecule has 0 fully saturated rings. The summed E-state index contributed by atoms with van der Waals surface area (Å²) in [4.78, 5) is 23.4. The highest BCUT2D eigenvalue weighted by atomic mass is 19.4. The first kappa shape index (κ1) is 17.4. The Bertz CT molecular complexity index is 760. The molecule has 2 aromatic rings. The molecule has 0 bridgehead atoms. The molecule has 3 nitrogen and oxygen atoms in total. The van der Waals surface area contributed by atoms with E-state index >= 15 is 0 Å². The summed E-state index contributed by atoms with van der Waals surface area (Å²) in [5.74, 6) is -1.92. The number of ketones is 1. The highest BCUT2D eigenvalue weighted by Crippen LogP contribution is 2.29. The molecular formula is C17H10F4O3. The molecule has 0 N–H and O–H groups in total. The summed E-state index contributed by atoms with van der Waals surface area (Å²) >= 11 is 0. The molecule has 0 atom stereocenters. The number of alkyl halides is 3. The molecule has 0 aromatic heterocycles. The van der Waals surface area contributed by atoms with E-state index in [9.17, 15) is 27.2 Å². The van der Waals surface area contributed by atoms with Gasteiger partial charge in [0, 0.05) is 11.6 Å². The van der Waals surface area contributed by atoms with E-state index in [4.69, 9.17) is 0 Å². The average Bonchev–Trinajstić information content (AvgIpc) is 2.54. The number of hydrogen-bond acceptors (Lipinski definition) is 3. The zero-order chi connectivity index (χ0) is 17.7. The van der Waals surface area contributed by atoms with Gasteiger partial charge >= 0.3 is 12.1 Å². The fourth-order valence-electron chi connectivity index (χ4n) is 1.73. The minimum atomic E-state index is -4.50. The van der Waals surface area contributed by atoms with Crippen LogP contribution < -0.4 is 0 Å². The quantitative estimate of drug-likeness (QED) is 0.273. The van der Waals surface area contributed by atoms with Crippen LogP contribution in [-0.2, 0) is 10.9 Å². The van der Waals surface area contributed by atoms with Gasteiger partial charge in [0.1, 0.15) is 5.82 Å². The molecule has 0 aliphatic carbocycles. The standard InChI is InChI=1S/C17H10F4O3/c18-14-7-3-11(4-8-14)15(22)9-10-24-16(23)12-1-5-13(6-2-12)17(19,20)21/h1-10H. The molecule has 0 amide bonds. The molecule has 2 aromatic carbocycles. The Morgan fingerprint density at radius 3 is 1.96 bits per heavy atom. The van der Waals surface area contributed by atoms with Crippen molar-refractivity contribution in [2.75, 3.05) is 0 Å². The number of rotatable bonds is 4. The molecule has 2 rings (SSSR count). The van der Waals surface area contributed by atoms with Crippen LogP contribution in [0, 0.1) is 5.82 Å². The molecule has 7 heteroatoms. The molecule has 0 aliphatic rings. The van der Waals surface area contributed by atoms with Crippen LogP contribution in [0.1, 0.15) is 26.3 Å². The predicted octanol–water partition coefficient (Wildman–Crippen LogP) is 4.40. The fraction of sp³-hybridized carbons (Fsp3) is 0.0588. The summed E-state index contributed by atoms with van der Waals surface area (Å²) in [6.45, 7) is 0. The number of carbonyl (C=O) groups excluding carboxylic acids is 2. The first-order valence-corrected chi connectivity index (χ1v) is 6.62. The summed E-state index contributed by atoms with van der Waals surface area (Å²) in [6.07, 6.45) is -2.72. The maximum absolute atomic E-state index is 12.7. The van der Waals surface area contributed by atoms with Gasteiger partial charge < -0.3 is 4.74 Å². The van der Waals surface area contributed by atoms with E-state index in [1.54, 1.807) is 0 Å². The van der Waals surface area contributed by atoms with Crippen LogP contribution in [0.5, 0.6) is 0 Å². The van der Waals surface area contributed by atoms with Crippen LogP contribution >= 0.6 is 0 Å². The Balaban J connectivity index is 1.97. The number of carbonyl (C=O) groups is 2. The van der Waals surface area contributed by atoms with E-state index in [1.807, 2.05) is 0 Å². The summed E-state index contributed by atoms with van der Waals surface area (Å²) in [5.41, 5.74) is -0.791. The van der Waals surface area contributed by atoms with Crippen molar-refractivity contribution in [3.05, 3.63) is 83.4 Å². The number of ether oxygens (including phenoxy) is 1. The van der Waals surface area contributed by atoms with Gasteiger partial charge in [-0.1, -0.05) is 0 Å². The molecule has 124 valence electrons. The van der Waals surface area contributed by atoms with Gasteiger partial charge in [0.05, 0.1) is 17.4 Å². The summed E-state index contributed by atoms with van der Waals surface area (Å²) in [5, 5.41) is 0. The Morgan fingerprint density at radius 2 is 1.42 bits per heavy atom. The van der Waals surface area contributed by atoms with Crippen LogP contribution in [0.15, 0.2) is 60.9 Å². The van der Waals surface area contributed by atoms with Crippen molar-refractivity contribution < 1.29 is 31.9 Å². The van der Waals surface area contributed by atoms with Crippen molar-refractivity contribution in [2.24, 2.45) is 0 Å². The number of allylic oxidation sites excluding steroid dienone is 1. The normalized spacial score (nSPS) is 11.5. The maximum Gasteiger partial charge on any atom is 0.416 e. The van der Waals surface area contributed by atoms with Gasteiger partial charge in [-0.2, -0.15) is 13.2 Å². The predicted molar refractivity (Wildman–Crippen MR) is 76.7 cm³/mol. The lowest BCUT2D eigenvalue weighted by Gasteiger charge is -2.06. The molecule has 0 radical (unpaired) electrons. The van der Waals surface area contributed by atoms with Crippen molar-refractivity contribution >= 4 is 11.8 Å². The van der Waals surface area contributed by atoms with Gasteiger partial charge in [-0.15, -0.1) is 0 Å². The minimum absolute atomic E-state index is 0.0955. The molecular weight excluding hydrogens is 328 g/mol. The summed E-state index contributed by atoms with van der Waals surface area (Å²) in [7, 11) is 0. The Hall–Kier alpha value is -2.96. The van der Waals surface area contributed by atoms with E-state index in [0.717, 1.165) is 48.7 Å². The van der Waals surface area contributed by atoms with Crippen LogP contribution in [0.25, 0.3) is 0 Å². The SMILES string of the molecule is O=C(C=COC(=O)c1ccc(C(F)(F)F)cc1)c1ccc(F)cc1. The third-order valence-electron chi connectivity index (χ3n) is 2.97. The molecule has 0 saturated carbocycles. The molecule has 0 unspecified atom stereocenters. The second kappa shape index (κ2) is 7.08. The lowest BCUT2D eigenvalue weighted by Crippen LogP contribution is -2.06. The van der Waals surface area contributed by atoms with E-state index in [0.29, 0.717) is 0 Å². The van der Waals surface area contributed by atoms with Crippen LogP contribution in [0.2, 0.25) is 0 Å². The summed E-state index contributed by atoms with van der Waals surface area (Å²) in [6, 6.07) is 8.19. The lowest BCUT2D eigenvalue weighted by atomic mass is 10.1. The topological polar surface area (TPSA) is 43.4 Å². The van der Waals surface area contributed by atoms with Gasteiger partial charge in [0.2, 0.25) is 0 Å². The van der Waals surface area contributed by atoms with Gasteiger partial charge in [-0.3, -0.25) is 4.79 Å². The molecule has 24 heavy (non-hydrogen) atoms. The van der Waals surface area contributed by atoms with E-state index in [-0.39, 0.29) is 11.1 Å². The highest BCUT2D eigenvalue weighted by molar-refractivity contribution is 6.04. The lowest BCUT2D eigenvalue weighted by molar-refractivity contribution is -0.137. The van der Waals surface area contributed by atoms with Gasteiger partial charge in [0.25, 0.3) is 0 Å². The first-order valence-electron chi connectivity index (χ1n) is 6.62. The van der Waals surface area contributed by atoms with E-state index < -0.39 is 29.3 Å². The Labute approximate surface area is 134 Å². The first-order chi connectivity index (χ1) is 11.3. The van der Waals surface area contributed by atoms with E-state index in [1.165, 1.54) is 12.1 Å². The second-order valence-corrected chi connectivity index (χ2v) is 4.65. The zero-order valence-corrected chi connectivity index (χ0v) is 12.0. The number of benzene rings is 2. The fourth-order valence-corrected chi connectivity index (χ4v) is 1.73. The molecule has 0 aliphatic heterocycles. The van der Waals surface area contributed by atoms with Gasteiger partial charge in [0.15, 0.2) is 5.78 Å². The maximum atomic E-state index is 12.7. The van der Waals surface area contributed by atoms with Crippen LogP contribution in [-0.4, -0.2) is 11.8 Å².